The summed E-state index contributed by atoms with van der Waals surface area (Å²) in [6.45, 7) is 2.76. The molecule has 2 aliphatic rings. The standard InChI is InChI=1S/C23H28N8O6/c1-35-17-15(36-9-2-6-30-8-10-37-21(34)20(30)33)4-3-14-16(17)28-23(31-7-5-25-18(14)31)29-19(32)13-11-26-22(24)27-12-13/h3-4,11-12,19,21,25,32,34H,2,5-10H2,1H3,(H2,24,26,27). The number of nitrogen functional groups attached to an aromatic ring is 1. The number of methoxy groups -OCH3 is 1. The minimum Gasteiger partial charge on any atom is -0.491 e. The van der Waals surface area contributed by atoms with Crippen LogP contribution >= 0.6 is 0 Å². The number of anilines is 2. The fraction of sp³-hybridized carbons (Fsp3) is 0.435. The molecule has 14 heteroatoms. The van der Waals surface area contributed by atoms with Gasteiger partial charge in [0.2, 0.25) is 17.9 Å². The summed E-state index contributed by atoms with van der Waals surface area (Å²) >= 11 is 0. The van der Waals surface area contributed by atoms with Crippen molar-refractivity contribution < 1.29 is 29.2 Å². The highest BCUT2D eigenvalue weighted by Gasteiger charge is 2.27. The van der Waals surface area contributed by atoms with E-state index in [1.54, 1.807) is 4.90 Å². The number of aromatic nitrogens is 4. The van der Waals surface area contributed by atoms with Crippen LogP contribution in [0.1, 0.15) is 18.2 Å². The zero-order valence-electron chi connectivity index (χ0n) is 20.2. The van der Waals surface area contributed by atoms with Crippen LogP contribution < -0.4 is 26.1 Å². The van der Waals surface area contributed by atoms with Gasteiger partial charge in [-0.2, -0.15) is 0 Å². The maximum atomic E-state index is 12.0. The van der Waals surface area contributed by atoms with Crippen molar-refractivity contribution in [1.29, 1.82) is 0 Å². The first kappa shape index (κ1) is 24.7. The lowest BCUT2D eigenvalue weighted by molar-refractivity contribution is -0.183. The Bertz CT molecular complexity index is 1360. The van der Waals surface area contributed by atoms with Crippen molar-refractivity contribution in [3.63, 3.8) is 0 Å². The number of nitrogens with two attached hydrogens (primary N) is 1. The van der Waals surface area contributed by atoms with Crippen LogP contribution in [0.3, 0.4) is 0 Å². The Morgan fingerprint density at radius 3 is 2.92 bits per heavy atom. The number of nitrogens with one attached hydrogen (secondary N) is 1. The van der Waals surface area contributed by atoms with Crippen LogP contribution in [-0.4, -0.2) is 86.8 Å². The van der Waals surface area contributed by atoms with Crippen LogP contribution in [0.4, 0.5) is 11.8 Å². The van der Waals surface area contributed by atoms with Gasteiger partial charge in [-0.1, -0.05) is 0 Å². The van der Waals surface area contributed by atoms with Gasteiger partial charge in [-0.15, -0.1) is 0 Å². The SMILES string of the molecule is COc1c(OCCCN2CCOC(O)C2=O)ccc2c3n(c(=NC(O)c4cnc(N)nc4)nc12)CCN3. The largest absolute Gasteiger partial charge is 0.491 e. The first-order valence-corrected chi connectivity index (χ1v) is 11.8. The van der Waals surface area contributed by atoms with Crippen LogP contribution in [0.5, 0.6) is 11.5 Å². The summed E-state index contributed by atoms with van der Waals surface area (Å²) in [7, 11) is 1.53. The van der Waals surface area contributed by atoms with E-state index >= 15 is 0 Å². The molecule has 2 unspecified atom stereocenters. The number of hydrogen-bond acceptors (Lipinski definition) is 12. The number of amides is 1. The molecular formula is C23H28N8O6. The second-order valence-corrected chi connectivity index (χ2v) is 8.46. The molecule has 196 valence electrons. The number of carbonyl (C=O) groups is 1. The first-order valence-electron chi connectivity index (χ1n) is 11.8. The quantitative estimate of drug-likeness (QED) is 0.282. The van der Waals surface area contributed by atoms with Gasteiger partial charge in [0, 0.05) is 49.5 Å². The average molecular weight is 513 g/mol. The monoisotopic (exact) mass is 512 g/mol. The van der Waals surface area contributed by atoms with E-state index in [4.69, 9.17) is 24.9 Å². The van der Waals surface area contributed by atoms with E-state index in [2.05, 4.69) is 20.3 Å². The van der Waals surface area contributed by atoms with Crippen molar-refractivity contribution >= 4 is 28.6 Å². The van der Waals surface area contributed by atoms with Crippen LogP contribution in [0.15, 0.2) is 29.5 Å². The molecule has 0 bridgehead atoms. The van der Waals surface area contributed by atoms with E-state index < -0.39 is 18.4 Å². The molecule has 1 aromatic carbocycles. The number of aliphatic hydroxyl groups excluding tert-OH is 2. The van der Waals surface area contributed by atoms with E-state index in [1.165, 1.54) is 19.5 Å². The Hall–Kier alpha value is -4.01. The molecular weight excluding hydrogens is 484 g/mol. The number of benzene rings is 1. The maximum absolute atomic E-state index is 12.0. The molecule has 2 atom stereocenters. The van der Waals surface area contributed by atoms with Crippen LogP contribution in [0, 0.1) is 0 Å². The molecule has 37 heavy (non-hydrogen) atoms. The second-order valence-electron chi connectivity index (χ2n) is 8.46. The number of nitrogens with zero attached hydrogens (tertiary/aromatic N) is 6. The van der Waals surface area contributed by atoms with Gasteiger partial charge < -0.3 is 40.4 Å². The zero-order chi connectivity index (χ0) is 25.9. The van der Waals surface area contributed by atoms with Gasteiger partial charge in [-0.25, -0.2) is 19.9 Å². The molecule has 3 aromatic rings. The molecule has 4 heterocycles. The van der Waals surface area contributed by atoms with Gasteiger partial charge in [0.05, 0.1) is 20.3 Å². The van der Waals surface area contributed by atoms with Gasteiger partial charge in [0.1, 0.15) is 11.3 Å². The lowest BCUT2D eigenvalue weighted by Crippen LogP contribution is -2.48. The topological polar surface area (TPSA) is 182 Å². The Kier molecular flexibility index (Phi) is 7.03. The number of morpholine rings is 1. The molecule has 2 aliphatic heterocycles. The predicted octanol–water partition coefficient (Wildman–Crippen LogP) is -0.619. The van der Waals surface area contributed by atoms with Crippen molar-refractivity contribution in [3.05, 3.63) is 35.7 Å². The van der Waals surface area contributed by atoms with Crippen LogP contribution in [-0.2, 0) is 16.1 Å². The number of rotatable bonds is 8. The number of ether oxygens (including phenoxy) is 3. The van der Waals surface area contributed by atoms with Crippen molar-refractivity contribution in [2.24, 2.45) is 4.99 Å². The number of aliphatic hydroxyl groups is 2. The average Bonchev–Trinajstić information content (AvgIpc) is 3.40. The first-order chi connectivity index (χ1) is 18.0. The summed E-state index contributed by atoms with van der Waals surface area (Å²) in [6.07, 6.45) is 0.733. The number of carbonyl (C=O) groups excluding carboxylic acids is 1. The molecule has 5 rings (SSSR count). The second kappa shape index (κ2) is 10.5. The Morgan fingerprint density at radius 2 is 2.14 bits per heavy atom. The third-order valence-corrected chi connectivity index (χ3v) is 6.12. The molecule has 1 fully saturated rings. The zero-order valence-corrected chi connectivity index (χ0v) is 20.2. The van der Waals surface area contributed by atoms with Crippen molar-refractivity contribution in [2.75, 3.05) is 51.0 Å². The van der Waals surface area contributed by atoms with Crippen molar-refractivity contribution in [3.8, 4) is 11.5 Å². The van der Waals surface area contributed by atoms with E-state index in [9.17, 15) is 15.0 Å². The number of fused-ring (bicyclic) bond motifs is 3. The lowest BCUT2D eigenvalue weighted by Gasteiger charge is -2.29. The van der Waals surface area contributed by atoms with E-state index in [-0.39, 0.29) is 5.95 Å². The van der Waals surface area contributed by atoms with Gasteiger partial charge >= 0.3 is 0 Å². The number of hydrogen-bond donors (Lipinski definition) is 4. The summed E-state index contributed by atoms with van der Waals surface area (Å²) in [4.78, 5) is 30.5. The predicted molar refractivity (Wildman–Crippen MR) is 130 cm³/mol. The summed E-state index contributed by atoms with van der Waals surface area (Å²) in [6, 6.07) is 3.70. The molecule has 14 nitrogen and oxygen atoms in total. The molecule has 1 saturated heterocycles. The Labute approximate surface area is 211 Å². The third kappa shape index (κ3) is 4.98. The normalized spacial score (nSPS) is 18.6. The van der Waals surface area contributed by atoms with Crippen molar-refractivity contribution in [2.45, 2.75) is 25.5 Å². The molecule has 0 aliphatic carbocycles. The Morgan fingerprint density at radius 1 is 1.32 bits per heavy atom. The molecule has 1 amide bonds. The van der Waals surface area contributed by atoms with E-state index in [0.717, 1.165) is 11.2 Å². The van der Waals surface area contributed by atoms with Crippen molar-refractivity contribution in [1.82, 2.24) is 24.4 Å². The lowest BCUT2D eigenvalue weighted by atomic mass is 10.2. The Balaban J connectivity index is 1.41. The minimum atomic E-state index is -1.40. The van der Waals surface area contributed by atoms with Gasteiger partial charge in [0.25, 0.3) is 5.91 Å². The summed E-state index contributed by atoms with van der Waals surface area (Å²) in [5.74, 6) is 1.37. The molecule has 2 aromatic heterocycles. The van der Waals surface area contributed by atoms with Gasteiger partial charge in [-0.05, 0) is 18.6 Å². The molecule has 0 saturated carbocycles. The summed E-state index contributed by atoms with van der Waals surface area (Å²) < 4.78 is 18.5. The third-order valence-electron chi connectivity index (χ3n) is 6.12. The summed E-state index contributed by atoms with van der Waals surface area (Å²) in [5.41, 5.74) is 6.74. The highest BCUT2D eigenvalue weighted by atomic mass is 16.6. The van der Waals surface area contributed by atoms with Gasteiger partial charge in [-0.3, -0.25) is 9.36 Å². The van der Waals surface area contributed by atoms with E-state index in [0.29, 0.717) is 74.0 Å². The maximum Gasteiger partial charge on any atom is 0.279 e. The summed E-state index contributed by atoms with van der Waals surface area (Å²) in [5, 5.41) is 24.4. The highest BCUT2D eigenvalue weighted by Crippen LogP contribution is 2.37. The van der Waals surface area contributed by atoms with Gasteiger partial charge in [0.15, 0.2) is 17.7 Å². The fourth-order valence-corrected chi connectivity index (χ4v) is 4.30. The minimum absolute atomic E-state index is 0.102. The van der Waals surface area contributed by atoms with Crippen LogP contribution in [0.2, 0.25) is 0 Å². The highest BCUT2D eigenvalue weighted by molar-refractivity contribution is 5.95. The van der Waals surface area contributed by atoms with E-state index in [1.807, 2.05) is 16.7 Å². The van der Waals surface area contributed by atoms with Crippen LogP contribution in [0.25, 0.3) is 10.9 Å². The molecule has 5 N–H and O–H groups in total. The smallest absolute Gasteiger partial charge is 0.279 e. The molecule has 0 spiro atoms. The fourth-order valence-electron chi connectivity index (χ4n) is 4.30. The molecule has 0 radical (unpaired) electrons.